The standard InChI is InChI=1S/C13H18F3N/c1-2-11-12(15)8-10(9-13(11)16)4-7-17-6-3-5-14/h8-9,17H,2-7H2,1H3. The van der Waals surface area contributed by atoms with E-state index in [0.717, 1.165) is 0 Å². The maximum absolute atomic E-state index is 13.4. The maximum Gasteiger partial charge on any atom is 0.129 e. The maximum atomic E-state index is 13.4. The summed E-state index contributed by atoms with van der Waals surface area (Å²) in [6, 6.07) is 2.75. The Hall–Kier alpha value is -1.03. The van der Waals surface area contributed by atoms with Crippen molar-refractivity contribution in [2.45, 2.75) is 26.2 Å². The molecular weight excluding hydrogens is 227 g/mol. The van der Waals surface area contributed by atoms with Gasteiger partial charge >= 0.3 is 0 Å². The van der Waals surface area contributed by atoms with Crippen LogP contribution in [0.25, 0.3) is 0 Å². The van der Waals surface area contributed by atoms with Gasteiger partial charge in [-0.15, -0.1) is 0 Å². The van der Waals surface area contributed by atoms with Gasteiger partial charge in [0.1, 0.15) is 11.6 Å². The van der Waals surface area contributed by atoms with Gasteiger partial charge in [-0.3, -0.25) is 4.39 Å². The first-order valence-corrected chi connectivity index (χ1v) is 5.92. The van der Waals surface area contributed by atoms with Crippen molar-refractivity contribution in [2.24, 2.45) is 0 Å². The molecule has 96 valence electrons. The molecule has 4 heteroatoms. The Morgan fingerprint density at radius 2 is 1.76 bits per heavy atom. The SMILES string of the molecule is CCc1c(F)cc(CCNCCCF)cc1F. The van der Waals surface area contributed by atoms with E-state index in [1.54, 1.807) is 6.92 Å². The zero-order valence-corrected chi connectivity index (χ0v) is 10.0. The molecule has 1 nitrogen and oxygen atoms in total. The molecule has 0 heterocycles. The van der Waals surface area contributed by atoms with Crippen LogP contribution in [0.1, 0.15) is 24.5 Å². The molecule has 0 saturated carbocycles. The summed E-state index contributed by atoms with van der Waals surface area (Å²) in [6.45, 7) is 2.57. The van der Waals surface area contributed by atoms with E-state index in [1.165, 1.54) is 12.1 Å². The van der Waals surface area contributed by atoms with Crippen molar-refractivity contribution in [3.63, 3.8) is 0 Å². The van der Waals surface area contributed by atoms with Crippen molar-refractivity contribution in [1.82, 2.24) is 5.32 Å². The van der Waals surface area contributed by atoms with Crippen molar-refractivity contribution < 1.29 is 13.2 Å². The largest absolute Gasteiger partial charge is 0.316 e. The molecule has 1 aromatic carbocycles. The molecule has 0 fully saturated rings. The lowest BCUT2D eigenvalue weighted by Gasteiger charge is -2.07. The molecule has 0 bridgehead atoms. The van der Waals surface area contributed by atoms with Gasteiger partial charge in [0.15, 0.2) is 0 Å². The molecule has 0 spiro atoms. The van der Waals surface area contributed by atoms with E-state index in [0.29, 0.717) is 37.9 Å². The predicted molar refractivity (Wildman–Crippen MR) is 62.9 cm³/mol. The molecule has 0 saturated heterocycles. The minimum absolute atomic E-state index is 0.138. The number of hydrogen-bond donors (Lipinski definition) is 1. The lowest BCUT2D eigenvalue weighted by Crippen LogP contribution is -2.19. The highest BCUT2D eigenvalue weighted by Crippen LogP contribution is 2.16. The van der Waals surface area contributed by atoms with Crippen LogP contribution in [-0.4, -0.2) is 19.8 Å². The van der Waals surface area contributed by atoms with E-state index in [1.807, 2.05) is 0 Å². The van der Waals surface area contributed by atoms with Gasteiger partial charge in [-0.05, 0) is 50.0 Å². The van der Waals surface area contributed by atoms with Gasteiger partial charge in [0, 0.05) is 5.56 Å². The summed E-state index contributed by atoms with van der Waals surface area (Å²) in [5.74, 6) is -0.961. The minimum atomic E-state index is -0.480. The number of halogens is 3. The predicted octanol–water partition coefficient (Wildman–Crippen LogP) is 3.02. The van der Waals surface area contributed by atoms with Crippen molar-refractivity contribution in [3.05, 3.63) is 34.9 Å². The first kappa shape index (κ1) is 14.0. The van der Waals surface area contributed by atoms with Crippen molar-refractivity contribution in [2.75, 3.05) is 19.8 Å². The summed E-state index contributed by atoms with van der Waals surface area (Å²) in [4.78, 5) is 0. The third kappa shape index (κ3) is 4.38. The quantitative estimate of drug-likeness (QED) is 0.728. The second-order valence-electron chi connectivity index (χ2n) is 3.93. The molecule has 0 aromatic heterocycles. The van der Waals surface area contributed by atoms with E-state index in [4.69, 9.17) is 0 Å². The van der Waals surface area contributed by atoms with Crippen LogP contribution >= 0.6 is 0 Å². The zero-order chi connectivity index (χ0) is 12.7. The Labute approximate surface area is 100 Å². The summed E-state index contributed by atoms with van der Waals surface area (Å²) >= 11 is 0. The van der Waals surface area contributed by atoms with E-state index in [-0.39, 0.29) is 12.2 Å². The third-order valence-corrected chi connectivity index (χ3v) is 2.63. The lowest BCUT2D eigenvalue weighted by atomic mass is 10.1. The van der Waals surface area contributed by atoms with Crippen LogP contribution in [0.3, 0.4) is 0 Å². The van der Waals surface area contributed by atoms with Crippen LogP contribution in [-0.2, 0) is 12.8 Å². The molecule has 1 aromatic rings. The molecule has 0 aliphatic heterocycles. The Morgan fingerprint density at radius 1 is 1.12 bits per heavy atom. The lowest BCUT2D eigenvalue weighted by molar-refractivity contribution is 0.460. The first-order valence-electron chi connectivity index (χ1n) is 5.92. The number of benzene rings is 1. The highest BCUT2D eigenvalue weighted by Gasteiger charge is 2.08. The summed E-state index contributed by atoms with van der Waals surface area (Å²) in [7, 11) is 0. The molecule has 0 unspecified atom stereocenters. The Balaban J connectivity index is 2.49. The van der Waals surface area contributed by atoms with E-state index in [9.17, 15) is 13.2 Å². The number of alkyl halides is 1. The zero-order valence-electron chi connectivity index (χ0n) is 10.0. The van der Waals surface area contributed by atoms with Crippen molar-refractivity contribution in [1.29, 1.82) is 0 Å². The summed E-state index contributed by atoms with van der Waals surface area (Å²) in [5, 5.41) is 3.02. The second kappa shape index (κ2) is 7.33. The molecule has 0 aliphatic rings. The molecule has 0 radical (unpaired) electrons. The van der Waals surface area contributed by atoms with Gasteiger partial charge in [-0.2, -0.15) is 0 Å². The summed E-state index contributed by atoms with van der Waals surface area (Å²) in [6.07, 6.45) is 1.37. The normalized spacial score (nSPS) is 10.8. The fourth-order valence-electron chi connectivity index (χ4n) is 1.69. The van der Waals surface area contributed by atoms with Crippen LogP contribution in [0.2, 0.25) is 0 Å². The average Bonchev–Trinajstić information content (AvgIpc) is 2.28. The number of rotatable bonds is 7. The van der Waals surface area contributed by atoms with Crippen molar-refractivity contribution >= 4 is 0 Å². The number of nitrogens with one attached hydrogen (secondary N) is 1. The third-order valence-electron chi connectivity index (χ3n) is 2.63. The van der Waals surface area contributed by atoms with Gasteiger partial charge in [0.2, 0.25) is 0 Å². The van der Waals surface area contributed by atoms with E-state index < -0.39 is 11.6 Å². The minimum Gasteiger partial charge on any atom is -0.316 e. The first-order chi connectivity index (χ1) is 8.19. The molecule has 17 heavy (non-hydrogen) atoms. The van der Waals surface area contributed by atoms with Crippen LogP contribution in [0, 0.1) is 11.6 Å². The highest BCUT2D eigenvalue weighted by molar-refractivity contribution is 5.26. The monoisotopic (exact) mass is 245 g/mol. The summed E-state index contributed by atoms with van der Waals surface area (Å²) in [5.41, 5.74) is 0.768. The fourth-order valence-corrected chi connectivity index (χ4v) is 1.69. The second-order valence-corrected chi connectivity index (χ2v) is 3.93. The van der Waals surface area contributed by atoms with Crippen LogP contribution in [0.5, 0.6) is 0 Å². The Bertz CT molecular complexity index is 330. The fraction of sp³-hybridized carbons (Fsp3) is 0.538. The molecule has 0 atom stereocenters. The van der Waals surface area contributed by atoms with Crippen LogP contribution < -0.4 is 5.32 Å². The molecule has 0 amide bonds. The molecule has 1 N–H and O–H groups in total. The molecule has 0 aliphatic carbocycles. The smallest absolute Gasteiger partial charge is 0.129 e. The topological polar surface area (TPSA) is 12.0 Å². The van der Waals surface area contributed by atoms with Crippen LogP contribution in [0.15, 0.2) is 12.1 Å². The number of hydrogen-bond acceptors (Lipinski definition) is 1. The Morgan fingerprint density at radius 3 is 2.29 bits per heavy atom. The molecular formula is C13H18F3N. The Kier molecular flexibility index (Phi) is 6.05. The van der Waals surface area contributed by atoms with E-state index >= 15 is 0 Å². The van der Waals surface area contributed by atoms with Gasteiger partial charge in [-0.1, -0.05) is 6.92 Å². The average molecular weight is 245 g/mol. The summed E-state index contributed by atoms with van der Waals surface area (Å²) < 4.78 is 38.7. The van der Waals surface area contributed by atoms with Crippen molar-refractivity contribution in [3.8, 4) is 0 Å². The van der Waals surface area contributed by atoms with Gasteiger partial charge in [0.05, 0.1) is 6.67 Å². The van der Waals surface area contributed by atoms with E-state index in [2.05, 4.69) is 5.32 Å². The molecule has 1 rings (SSSR count). The van der Waals surface area contributed by atoms with Gasteiger partial charge in [0.25, 0.3) is 0 Å². The van der Waals surface area contributed by atoms with Crippen LogP contribution in [0.4, 0.5) is 13.2 Å². The van der Waals surface area contributed by atoms with Gasteiger partial charge in [-0.25, -0.2) is 8.78 Å². The highest BCUT2D eigenvalue weighted by atomic mass is 19.1. The van der Waals surface area contributed by atoms with Gasteiger partial charge < -0.3 is 5.32 Å².